The summed E-state index contributed by atoms with van der Waals surface area (Å²) in [6.45, 7) is 4.96. The quantitative estimate of drug-likeness (QED) is 0.402. The zero-order valence-corrected chi connectivity index (χ0v) is 14.0. The van der Waals surface area contributed by atoms with Gasteiger partial charge in [0.25, 0.3) is 5.56 Å². The smallest absolute Gasteiger partial charge is 0.308 e. The Labute approximate surface area is 137 Å². The molecule has 7 heteroatoms. The van der Waals surface area contributed by atoms with Gasteiger partial charge in [-0.1, -0.05) is 11.8 Å². The van der Waals surface area contributed by atoms with Crippen molar-refractivity contribution < 1.29 is 9.53 Å². The van der Waals surface area contributed by atoms with Crippen molar-refractivity contribution >= 4 is 17.7 Å². The molecule has 2 rings (SSSR count). The normalized spacial score (nSPS) is 10.2. The fourth-order valence-electron chi connectivity index (χ4n) is 2.36. The number of carbonyl (C=O) groups excluding carboxylic acids is 1. The number of hydrogen-bond donors (Lipinski definition) is 1. The molecule has 0 aliphatic rings. The third-order valence-electron chi connectivity index (χ3n) is 3.21. The van der Waals surface area contributed by atoms with E-state index in [9.17, 15) is 14.9 Å². The Morgan fingerprint density at radius 3 is 2.43 bits per heavy atom. The number of nitrogens with one attached hydrogen (secondary N) is 1. The number of hydrogen-bond acceptors (Lipinski definition) is 6. The number of ether oxygens (including phenoxy) is 1. The van der Waals surface area contributed by atoms with E-state index in [2.05, 4.69) is 9.97 Å². The van der Waals surface area contributed by atoms with Gasteiger partial charge in [0.1, 0.15) is 17.4 Å². The number of carbonyl (C=O) groups is 1. The molecule has 0 saturated carbocycles. The molecule has 1 heterocycles. The van der Waals surface area contributed by atoms with E-state index in [1.54, 1.807) is 18.4 Å². The van der Waals surface area contributed by atoms with Crippen LogP contribution in [0.15, 0.2) is 22.1 Å². The Morgan fingerprint density at radius 2 is 1.96 bits per heavy atom. The number of nitriles is 1. The highest BCUT2D eigenvalue weighted by Crippen LogP contribution is 2.31. The van der Waals surface area contributed by atoms with Gasteiger partial charge in [-0.2, -0.15) is 5.26 Å². The average molecular weight is 329 g/mol. The number of esters is 1. The Balaban J connectivity index is 2.72. The van der Waals surface area contributed by atoms with Gasteiger partial charge in [-0.05, 0) is 43.4 Å². The SMILES string of the molecule is CSc1nc(-c2c(C)cc(OC(C)=O)cc2C)c(C#N)c(=O)[nH]1. The Kier molecular flexibility index (Phi) is 4.86. The number of nitrogens with zero attached hydrogens (tertiary/aromatic N) is 2. The summed E-state index contributed by atoms with van der Waals surface area (Å²) >= 11 is 1.29. The summed E-state index contributed by atoms with van der Waals surface area (Å²) < 4.78 is 5.10. The number of aromatic amines is 1. The topological polar surface area (TPSA) is 95.8 Å². The van der Waals surface area contributed by atoms with Crippen LogP contribution in [-0.2, 0) is 4.79 Å². The molecule has 0 aliphatic carbocycles. The molecule has 0 unspecified atom stereocenters. The summed E-state index contributed by atoms with van der Waals surface area (Å²) in [5.41, 5.74) is 2.06. The second kappa shape index (κ2) is 6.67. The molecule has 0 fully saturated rings. The standard InChI is InChI=1S/C16H15N3O3S/c1-8-5-11(22-10(3)20)6-9(2)13(8)14-12(7-17)15(21)19-16(18-14)23-4/h5-6H,1-4H3,(H,18,19,21). The maximum atomic E-state index is 12.1. The lowest BCUT2D eigenvalue weighted by molar-refractivity contribution is -0.131. The fraction of sp³-hybridized carbons (Fsp3) is 0.250. The van der Waals surface area contributed by atoms with Gasteiger partial charge in [0.2, 0.25) is 0 Å². The number of aromatic nitrogens is 2. The summed E-state index contributed by atoms with van der Waals surface area (Å²) in [7, 11) is 0. The molecule has 1 aromatic carbocycles. The molecule has 0 amide bonds. The molecule has 0 spiro atoms. The van der Waals surface area contributed by atoms with Crippen molar-refractivity contribution in [1.29, 1.82) is 5.26 Å². The first-order chi connectivity index (χ1) is 10.9. The number of aryl methyl sites for hydroxylation is 2. The zero-order chi connectivity index (χ0) is 17.1. The third-order valence-corrected chi connectivity index (χ3v) is 3.79. The molecule has 1 N–H and O–H groups in total. The first-order valence-electron chi connectivity index (χ1n) is 6.75. The molecule has 0 atom stereocenters. The summed E-state index contributed by atoms with van der Waals surface area (Å²) in [5, 5.41) is 9.73. The van der Waals surface area contributed by atoms with Gasteiger partial charge < -0.3 is 9.72 Å². The fourth-order valence-corrected chi connectivity index (χ4v) is 2.73. The highest BCUT2D eigenvalue weighted by Gasteiger charge is 2.18. The van der Waals surface area contributed by atoms with E-state index >= 15 is 0 Å². The molecule has 0 bridgehead atoms. The molecule has 0 radical (unpaired) electrons. The number of benzene rings is 1. The molecule has 1 aromatic heterocycles. The van der Waals surface area contributed by atoms with Crippen LogP contribution < -0.4 is 10.3 Å². The van der Waals surface area contributed by atoms with Crippen LogP contribution in [0.2, 0.25) is 0 Å². The molecule has 0 saturated heterocycles. The summed E-state index contributed by atoms with van der Waals surface area (Å²) in [5.74, 6) is 0.0119. The zero-order valence-electron chi connectivity index (χ0n) is 13.2. The van der Waals surface area contributed by atoms with Crippen LogP contribution in [-0.4, -0.2) is 22.2 Å². The van der Waals surface area contributed by atoms with E-state index in [-0.39, 0.29) is 5.56 Å². The van der Waals surface area contributed by atoms with Crippen LogP contribution in [0.3, 0.4) is 0 Å². The summed E-state index contributed by atoms with van der Waals surface area (Å²) in [4.78, 5) is 30.1. The van der Waals surface area contributed by atoms with Crippen molar-refractivity contribution in [3.8, 4) is 23.1 Å². The van der Waals surface area contributed by atoms with E-state index < -0.39 is 11.5 Å². The predicted octanol–water partition coefficient (Wildman–Crippen LogP) is 2.57. The van der Waals surface area contributed by atoms with Gasteiger partial charge in [-0.15, -0.1) is 0 Å². The average Bonchev–Trinajstić information content (AvgIpc) is 2.45. The molecule has 6 nitrogen and oxygen atoms in total. The lowest BCUT2D eigenvalue weighted by atomic mass is 9.97. The van der Waals surface area contributed by atoms with Gasteiger partial charge in [-0.25, -0.2) is 4.98 Å². The van der Waals surface area contributed by atoms with Crippen LogP contribution in [0.25, 0.3) is 11.3 Å². The van der Waals surface area contributed by atoms with E-state index in [1.165, 1.54) is 18.7 Å². The maximum absolute atomic E-state index is 12.1. The highest BCUT2D eigenvalue weighted by atomic mass is 32.2. The number of rotatable bonds is 3. The van der Waals surface area contributed by atoms with Gasteiger partial charge in [-0.3, -0.25) is 9.59 Å². The van der Waals surface area contributed by atoms with Crippen molar-refractivity contribution in [3.05, 3.63) is 39.2 Å². The van der Waals surface area contributed by atoms with Crippen LogP contribution in [0.5, 0.6) is 5.75 Å². The summed E-state index contributed by atoms with van der Waals surface area (Å²) in [6, 6.07) is 5.29. The Bertz CT molecular complexity index is 858. The minimum Gasteiger partial charge on any atom is -0.427 e. The van der Waals surface area contributed by atoms with Crippen LogP contribution in [0.1, 0.15) is 23.6 Å². The molecule has 2 aromatic rings. The summed E-state index contributed by atoms with van der Waals surface area (Å²) in [6.07, 6.45) is 1.79. The maximum Gasteiger partial charge on any atom is 0.308 e. The van der Waals surface area contributed by atoms with Gasteiger partial charge in [0, 0.05) is 12.5 Å². The van der Waals surface area contributed by atoms with E-state index in [0.717, 1.165) is 11.1 Å². The van der Waals surface area contributed by atoms with Crippen molar-refractivity contribution in [2.24, 2.45) is 0 Å². The Morgan fingerprint density at radius 1 is 1.35 bits per heavy atom. The van der Waals surface area contributed by atoms with Gasteiger partial charge in [0.15, 0.2) is 5.16 Å². The van der Waals surface area contributed by atoms with Gasteiger partial charge in [0.05, 0.1) is 5.69 Å². The molecular formula is C16H15N3O3S. The lowest BCUT2D eigenvalue weighted by Gasteiger charge is -2.13. The minimum absolute atomic E-state index is 0.0331. The lowest BCUT2D eigenvalue weighted by Crippen LogP contribution is -2.15. The first kappa shape index (κ1) is 16.8. The molecular weight excluding hydrogens is 314 g/mol. The number of H-pyrrole nitrogens is 1. The molecule has 118 valence electrons. The molecule has 23 heavy (non-hydrogen) atoms. The van der Waals surface area contributed by atoms with Gasteiger partial charge >= 0.3 is 5.97 Å². The first-order valence-corrected chi connectivity index (χ1v) is 7.98. The Hall–Kier alpha value is -2.59. The van der Waals surface area contributed by atoms with Crippen molar-refractivity contribution in [3.63, 3.8) is 0 Å². The van der Waals surface area contributed by atoms with Crippen LogP contribution in [0, 0.1) is 25.2 Å². The van der Waals surface area contributed by atoms with E-state index in [0.29, 0.717) is 22.2 Å². The van der Waals surface area contributed by atoms with Crippen molar-refractivity contribution in [2.75, 3.05) is 6.26 Å². The molecule has 0 aliphatic heterocycles. The van der Waals surface area contributed by atoms with E-state index in [1.807, 2.05) is 19.9 Å². The highest BCUT2D eigenvalue weighted by molar-refractivity contribution is 7.98. The van der Waals surface area contributed by atoms with Crippen molar-refractivity contribution in [1.82, 2.24) is 9.97 Å². The monoisotopic (exact) mass is 329 g/mol. The van der Waals surface area contributed by atoms with E-state index in [4.69, 9.17) is 4.74 Å². The second-order valence-electron chi connectivity index (χ2n) is 4.94. The van der Waals surface area contributed by atoms with Crippen LogP contribution >= 0.6 is 11.8 Å². The predicted molar refractivity (Wildman–Crippen MR) is 87.6 cm³/mol. The largest absolute Gasteiger partial charge is 0.427 e. The second-order valence-corrected chi connectivity index (χ2v) is 5.73. The number of thioether (sulfide) groups is 1. The minimum atomic E-state index is -0.468. The van der Waals surface area contributed by atoms with Crippen LogP contribution in [0.4, 0.5) is 0 Å². The van der Waals surface area contributed by atoms with Crippen molar-refractivity contribution in [2.45, 2.75) is 25.9 Å². The third kappa shape index (κ3) is 3.43.